The highest BCUT2D eigenvalue weighted by Gasteiger charge is 2.22. The van der Waals surface area contributed by atoms with Crippen LogP contribution in [-0.4, -0.2) is 25.9 Å². The molecule has 0 aliphatic rings. The molecule has 0 radical (unpaired) electrons. The van der Waals surface area contributed by atoms with Gasteiger partial charge in [0.05, 0.1) is 0 Å². The Morgan fingerprint density at radius 3 is 0.676 bits per heavy atom. The van der Waals surface area contributed by atoms with Crippen molar-refractivity contribution in [2.24, 2.45) is 0 Å². The molecule has 0 aromatic carbocycles. The second kappa shape index (κ2) is 29.2. The zero-order valence-electron chi connectivity index (χ0n) is 27.2. The van der Waals surface area contributed by atoms with Crippen LogP contribution in [0.5, 0.6) is 0 Å². The SMILES string of the molecule is CCCCCCCCCCCCCCCCN(CCCCCCCCCCCCCCCC)[Si](C)(C)C. The number of unbranched alkanes of at least 4 members (excludes halogenated alkanes) is 26. The van der Waals surface area contributed by atoms with Crippen molar-refractivity contribution in [3.8, 4) is 0 Å². The highest BCUT2D eigenvalue weighted by Crippen LogP contribution is 2.17. The van der Waals surface area contributed by atoms with E-state index in [0.29, 0.717) is 0 Å². The molecular formula is C35H75NSi. The van der Waals surface area contributed by atoms with E-state index in [1.165, 1.54) is 193 Å². The second-order valence-corrected chi connectivity index (χ2v) is 18.3. The van der Waals surface area contributed by atoms with Gasteiger partial charge in [-0.15, -0.1) is 0 Å². The Kier molecular flexibility index (Phi) is 29.3. The fourth-order valence-electron chi connectivity index (χ4n) is 5.78. The number of nitrogens with zero attached hydrogens (tertiary/aromatic N) is 1. The van der Waals surface area contributed by atoms with Crippen molar-refractivity contribution < 1.29 is 0 Å². The molecular weight excluding hydrogens is 462 g/mol. The Morgan fingerprint density at radius 2 is 0.486 bits per heavy atom. The van der Waals surface area contributed by atoms with E-state index in [1.807, 2.05) is 0 Å². The summed E-state index contributed by atoms with van der Waals surface area (Å²) in [6.07, 6.45) is 40.9. The number of rotatable bonds is 31. The van der Waals surface area contributed by atoms with Crippen LogP contribution in [0.25, 0.3) is 0 Å². The highest BCUT2D eigenvalue weighted by molar-refractivity contribution is 6.73. The largest absolute Gasteiger partial charge is 0.324 e. The molecule has 0 heterocycles. The van der Waals surface area contributed by atoms with E-state index in [9.17, 15) is 0 Å². The fraction of sp³-hybridized carbons (Fsp3) is 1.00. The predicted molar refractivity (Wildman–Crippen MR) is 176 cm³/mol. The van der Waals surface area contributed by atoms with E-state index in [-0.39, 0.29) is 0 Å². The van der Waals surface area contributed by atoms with Gasteiger partial charge in [0.15, 0.2) is 0 Å². The molecule has 0 aliphatic carbocycles. The molecule has 0 saturated heterocycles. The van der Waals surface area contributed by atoms with E-state index in [4.69, 9.17) is 0 Å². The monoisotopic (exact) mass is 538 g/mol. The molecule has 0 unspecified atom stereocenters. The van der Waals surface area contributed by atoms with E-state index in [0.717, 1.165) is 0 Å². The van der Waals surface area contributed by atoms with Gasteiger partial charge in [0.1, 0.15) is 8.24 Å². The quantitative estimate of drug-likeness (QED) is 0.0627. The number of hydrogen-bond acceptors (Lipinski definition) is 1. The molecule has 0 fully saturated rings. The van der Waals surface area contributed by atoms with Gasteiger partial charge in [-0.2, -0.15) is 0 Å². The average molecular weight is 538 g/mol. The topological polar surface area (TPSA) is 3.24 Å². The van der Waals surface area contributed by atoms with Gasteiger partial charge in [-0.25, -0.2) is 0 Å². The predicted octanol–water partition coefficient (Wildman–Crippen LogP) is 13.1. The molecule has 224 valence electrons. The van der Waals surface area contributed by atoms with E-state index in [1.54, 1.807) is 0 Å². The Hall–Kier alpha value is 0.177. The van der Waals surface area contributed by atoms with E-state index >= 15 is 0 Å². The molecule has 0 rings (SSSR count). The Bertz CT molecular complexity index is 384. The van der Waals surface area contributed by atoms with Crippen LogP contribution >= 0.6 is 0 Å². The maximum atomic E-state index is 2.91. The summed E-state index contributed by atoms with van der Waals surface area (Å²) in [5.41, 5.74) is 0. The maximum Gasteiger partial charge on any atom is 0.119 e. The van der Waals surface area contributed by atoms with Gasteiger partial charge in [-0.05, 0) is 25.9 Å². The van der Waals surface area contributed by atoms with Gasteiger partial charge in [0.25, 0.3) is 0 Å². The van der Waals surface area contributed by atoms with Gasteiger partial charge in [-0.3, -0.25) is 0 Å². The number of hydrogen-bond donors (Lipinski definition) is 0. The van der Waals surface area contributed by atoms with Crippen LogP contribution in [0, 0.1) is 0 Å². The van der Waals surface area contributed by atoms with Crippen LogP contribution in [-0.2, 0) is 0 Å². The molecule has 0 saturated carbocycles. The first-order valence-corrected chi connectivity index (χ1v) is 21.2. The molecule has 2 heteroatoms. The second-order valence-electron chi connectivity index (χ2n) is 13.4. The van der Waals surface area contributed by atoms with Crippen LogP contribution in [0.15, 0.2) is 0 Å². The smallest absolute Gasteiger partial charge is 0.119 e. The third kappa shape index (κ3) is 29.0. The lowest BCUT2D eigenvalue weighted by molar-refractivity contribution is 0.387. The molecule has 0 atom stereocenters. The van der Waals surface area contributed by atoms with Crippen LogP contribution in [0.2, 0.25) is 19.6 Å². The van der Waals surface area contributed by atoms with Gasteiger partial charge >= 0.3 is 0 Å². The Labute approximate surface area is 238 Å². The summed E-state index contributed by atoms with van der Waals surface area (Å²) in [6, 6.07) is 0. The average Bonchev–Trinajstić information content (AvgIpc) is 2.87. The first-order valence-electron chi connectivity index (χ1n) is 17.8. The van der Waals surface area contributed by atoms with Gasteiger partial charge < -0.3 is 4.57 Å². The summed E-state index contributed by atoms with van der Waals surface area (Å²) in [4.78, 5) is 0. The lowest BCUT2D eigenvalue weighted by atomic mass is 10.0. The standard InChI is InChI=1S/C35H75NSi/c1-6-8-10-12-14-16-18-20-22-24-26-28-30-32-34-36(37(3,4)5)35-33-31-29-27-25-23-21-19-17-15-13-11-9-7-2/h6-35H2,1-5H3. The fourth-order valence-corrected chi connectivity index (χ4v) is 7.43. The lowest BCUT2D eigenvalue weighted by Gasteiger charge is -2.34. The van der Waals surface area contributed by atoms with Crippen molar-refractivity contribution in [1.82, 2.24) is 4.57 Å². The summed E-state index contributed by atoms with van der Waals surface area (Å²) in [5, 5.41) is 0. The summed E-state index contributed by atoms with van der Waals surface area (Å²) in [7, 11) is -1.16. The van der Waals surface area contributed by atoms with E-state index < -0.39 is 8.24 Å². The van der Waals surface area contributed by atoms with Gasteiger partial charge in [-0.1, -0.05) is 200 Å². The van der Waals surface area contributed by atoms with Crippen LogP contribution in [0.4, 0.5) is 0 Å². The highest BCUT2D eigenvalue weighted by atomic mass is 28.3. The molecule has 37 heavy (non-hydrogen) atoms. The molecule has 1 nitrogen and oxygen atoms in total. The molecule has 0 bridgehead atoms. The summed E-state index contributed by atoms with van der Waals surface area (Å²) < 4.78 is 2.91. The van der Waals surface area contributed by atoms with Crippen LogP contribution < -0.4 is 0 Å². The van der Waals surface area contributed by atoms with Crippen molar-refractivity contribution >= 4 is 8.24 Å². The van der Waals surface area contributed by atoms with Crippen molar-refractivity contribution in [1.29, 1.82) is 0 Å². The van der Waals surface area contributed by atoms with Crippen molar-refractivity contribution in [2.75, 3.05) is 13.1 Å². The molecule has 0 N–H and O–H groups in total. The zero-order chi connectivity index (χ0) is 27.3. The normalized spacial score (nSPS) is 12.2. The van der Waals surface area contributed by atoms with Crippen molar-refractivity contribution in [2.45, 2.75) is 213 Å². The van der Waals surface area contributed by atoms with E-state index in [2.05, 4.69) is 38.1 Å². The first kappa shape index (κ1) is 37.2. The zero-order valence-corrected chi connectivity index (χ0v) is 28.2. The first-order chi connectivity index (χ1) is 18.0. The molecule has 0 aliphatic heterocycles. The minimum absolute atomic E-state index is 1.16. The minimum Gasteiger partial charge on any atom is -0.324 e. The summed E-state index contributed by atoms with van der Waals surface area (Å²) in [5.74, 6) is 0. The Balaban J connectivity index is 3.52. The van der Waals surface area contributed by atoms with Crippen LogP contribution in [0.1, 0.15) is 194 Å². The van der Waals surface area contributed by atoms with Gasteiger partial charge in [0.2, 0.25) is 0 Å². The van der Waals surface area contributed by atoms with Crippen molar-refractivity contribution in [3.05, 3.63) is 0 Å². The van der Waals surface area contributed by atoms with Gasteiger partial charge in [0, 0.05) is 0 Å². The molecule has 0 aromatic rings. The molecule has 0 amide bonds. The minimum atomic E-state index is -1.16. The molecule has 0 spiro atoms. The third-order valence-corrected chi connectivity index (χ3v) is 10.9. The molecule has 0 aromatic heterocycles. The van der Waals surface area contributed by atoms with Crippen LogP contribution in [0.3, 0.4) is 0 Å². The Morgan fingerprint density at radius 1 is 0.297 bits per heavy atom. The lowest BCUT2D eigenvalue weighted by Crippen LogP contribution is -2.47. The van der Waals surface area contributed by atoms with Crippen molar-refractivity contribution in [3.63, 3.8) is 0 Å². The summed E-state index contributed by atoms with van der Waals surface area (Å²) >= 11 is 0. The third-order valence-electron chi connectivity index (χ3n) is 8.51. The summed E-state index contributed by atoms with van der Waals surface area (Å²) in [6.45, 7) is 15.0. The maximum absolute atomic E-state index is 2.91.